The SMILES string of the molecule is CC(C)n1ncc2cc(NC3CCCCC3CN)cnc21. The Kier molecular flexibility index (Phi) is 4.10. The topological polar surface area (TPSA) is 68.8 Å². The van der Waals surface area contributed by atoms with Crippen molar-refractivity contribution in [2.24, 2.45) is 11.7 Å². The van der Waals surface area contributed by atoms with Crippen molar-refractivity contribution in [3.8, 4) is 0 Å². The van der Waals surface area contributed by atoms with Crippen LogP contribution in [-0.2, 0) is 0 Å². The maximum absolute atomic E-state index is 5.91. The van der Waals surface area contributed by atoms with E-state index in [9.17, 15) is 0 Å². The molecule has 5 heteroatoms. The molecule has 0 radical (unpaired) electrons. The predicted molar refractivity (Wildman–Crippen MR) is 86.3 cm³/mol. The summed E-state index contributed by atoms with van der Waals surface area (Å²) in [6.07, 6.45) is 8.84. The van der Waals surface area contributed by atoms with Gasteiger partial charge in [0.15, 0.2) is 5.65 Å². The van der Waals surface area contributed by atoms with E-state index in [0.717, 1.165) is 23.3 Å². The van der Waals surface area contributed by atoms with Crippen LogP contribution in [0.25, 0.3) is 11.0 Å². The van der Waals surface area contributed by atoms with Gasteiger partial charge in [-0.3, -0.25) is 0 Å². The number of nitrogens with one attached hydrogen (secondary N) is 1. The fraction of sp³-hybridized carbons (Fsp3) is 0.625. The monoisotopic (exact) mass is 287 g/mol. The summed E-state index contributed by atoms with van der Waals surface area (Å²) in [5.41, 5.74) is 7.94. The summed E-state index contributed by atoms with van der Waals surface area (Å²) in [4.78, 5) is 4.59. The number of pyridine rings is 1. The van der Waals surface area contributed by atoms with E-state index in [-0.39, 0.29) is 0 Å². The van der Waals surface area contributed by atoms with Crippen LogP contribution < -0.4 is 11.1 Å². The predicted octanol–water partition coefficient (Wildman–Crippen LogP) is 2.94. The molecule has 2 heterocycles. The highest BCUT2D eigenvalue weighted by atomic mass is 15.3. The summed E-state index contributed by atoms with van der Waals surface area (Å²) in [5.74, 6) is 0.577. The van der Waals surface area contributed by atoms with E-state index in [1.807, 2.05) is 17.1 Å². The Balaban J connectivity index is 1.81. The number of nitrogens with zero attached hydrogens (tertiary/aromatic N) is 3. The lowest BCUT2D eigenvalue weighted by atomic mass is 9.84. The number of nitrogens with two attached hydrogens (primary N) is 1. The van der Waals surface area contributed by atoms with E-state index in [1.54, 1.807) is 0 Å². The Labute approximate surface area is 125 Å². The number of hydrogen-bond donors (Lipinski definition) is 2. The molecule has 114 valence electrons. The summed E-state index contributed by atoms with van der Waals surface area (Å²) in [7, 11) is 0. The van der Waals surface area contributed by atoms with Gasteiger partial charge in [0.25, 0.3) is 0 Å². The molecule has 1 fully saturated rings. The van der Waals surface area contributed by atoms with Gasteiger partial charge < -0.3 is 11.1 Å². The van der Waals surface area contributed by atoms with Gasteiger partial charge in [-0.05, 0) is 45.2 Å². The highest BCUT2D eigenvalue weighted by Crippen LogP contribution is 2.27. The Bertz CT molecular complexity index is 604. The van der Waals surface area contributed by atoms with Crippen molar-refractivity contribution in [3.05, 3.63) is 18.5 Å². The zero-order chi connectivity index (χ0) is 14.8. The molecule has 3 rings (SSSR count). The molecular weight excluding hydrogens is 262 g/mol. The maximum atomic E-state index is 5.91. The van der Waals surface area contributed by atoms with Gasteiger partial charge in [-0.2, -0.15) is 5.10 Å². The zero-order valence-corrected chi connectivity index (χ0v) is 12.9. The first-order valence-corrected chi connectivity index (χ1v) is 7.99. The summed E-state index contributed by atoms with van der Waals surface area (Å²) >= 11 is 0. The second-order valence-electron chi connectivity index (χ2n) is 6.35. The highest BCUT2D eigenvalue weighted by Gasteiger charge is 2.23. The molecule has 0 aliphatic heterocycles. The Hall–Kier alpha value is -1.62. The van der Waals surface area contributed by atoms with Crippen LogP contribution in [0, 0.1) is 5.92 Å². The van der Waals surface area contributed by atoms with Crippen LogP contribution in [0.1, 0.15) is 45.6 Å². The molecule has 3 N–H and O–H groups in total. The molecule has 2 atom stereocenters. The first-order valence-electron chi connectivity index (χ1n) is 7.99. The van der Waals surface area contributed by atoms with Crippen LogP contribution >= 0.6 is 0 Å². The fourth-order valence-electron chi connectivity index (χ4n) is 3.29. The lowest BCUT2D eigenvalue weighted by Gasteiger charge is -2.32. The van der Waals surface area contributed by atoms with E-state index in [0.29, 0.717) is 18.0 Å². The second kappa shape index (κ2) is 6.02. The van der Waals surface area contributed by atoms with Crippen molar-refractivity contribution in [1.82, 2.24) is 14.8 Å². The molecule has 0 amide bonds. The van der Waals surface area contributed by atoms with Gasteiger partial charge in [0.1, 0.15) is 0 Å². The van der Waals surface area contributed by atoms with Gasteiger partial charge in [-0.25, -0.2) is 9.67 Å². The third kappa shape index (κ3) is 2.88. The molecule has 2 aromatic rings. The minimum atomic E-state index is 0.328. The third-order valence-electron chi connectivity index (χ3n) is 4.49. The molecular formula is C16H25N5. The van der Waals surface area contributed by atoms with Gasteiger partial charge in [0.2, 0.25) is 0 Å². The summed E-state index contributed by atoms with van der Waals surface area (Å²) < 4.78 is 1.96. The molecule has 2 unspecified atom stereocenters. The first kappa shape index (κ1) is 14.3. The molecule has 0 bridgehead atoms. The summed E-state index contributed by atoms with van der Waals surface area (Å²) in [6.45, 7) is 5.00. The summed E-state index contributed by atoms with van der Waals surface area (Å²) in [5, 5.41) is 9.14. The Morgan fingerprint density at radius 3 is 2.90 bits per heavy atom. The molecule has 5 nitrogen and oxygen atoms in total. The smallest absolute Gasteiger partial charge is 0.158 e. The lowest BCUT2D eigenvalue weighted by Crippen LogP contribution is -2.36. The molecule has 1 aliphatic rings. The van der Waals surface area contributed by atoms with Crippen LogP contribution in [0.5, 0.6) is 0 Å². The van der Waals surface area contributed by atoms with E-state index in [4.69, 9.17) is 5.73 Å². The van der Waals surface area contributed by atoms with E-state index in [2.05, 4.69) is 35.3 Å². The number of anilines is 1. The molecule has 0 aromatic carbocycles. The van der Waals surface area contributed by atoms with Crippen LogP contribution in [0.4, 0.5) is 5.69 Å². The minimum Gasteiger partial charge on any atom is -0.381 e. The number of fused-ring (bicyclic) bond motifs is 1. The largest absolute Gasteiger partial charge is 0.381 e. The van der Waals surface area contributed by atoms with Crippen molar-refractivity contribution in [1.29, 1.82) is 0 Å². The molecule has 0 saturated heterocycles. The molecule has 1 aliphatic carbocycles. The van der Waals surface area contributed by atoms with Crippen LogP contribution in [0.2, 0.25) is 0 Å². The normalized spacial score (nSPS) is 22.9. The standard InChI is InChI=1S/C16H25N5/c1-11(2)21-16-13(9-19-21)7-14(10-18-16)20-15-6-4-3-5-12(15)8-17/h7,9-12,15,20H,3-6,8,17H2,1-2H3. The second-order valence-corrected chi connectivity index (χ2v) is 6.35. The van der Waals surface area contributed by atoms with Crippen LogP contribution in [0.15, 0.2) is 18.5 Å². The highest BCUT2D eigenvalue weighted by molar-refractivity contribution is 5.78. The number of aromatic nitrogens is 3. The molecule has 2 aromatic heterocycles. The fourth-order valence-corrected chi connectivity index (χ4v) is 3.29. The number of hydrogen-bond acceptors (Lipinski definition) is 4. The van der Waals surface area contributed by atoms with E-state index in [1.165, 1.54) is 25.7 Å². The molecule has 21 heavy (non-hydrogen) atoms. The Morgan fingerprint density at radius 2 is 2.14 bits per heavy atom. The van der Waals surface area contributed by atoms with E-state index < -0.39 is 0 Å². The third-order valence-corrected chi connectivity index (χ3v) is 4.49. The zero-order valence-electron chi connectivity index (χ0n) is 12.9. The number of rotatable bonds is 4. The van der Waals surface area contributed by atoms with Gasteiger partial charge in [-0.15, -0.1) is 0 Å². The van der Waals surface area contributed by atoms with Crippen molar-refractivity contribution in [2.75, 3.05) is 11.9 Å². The van der Waals surface area contributed by atoms with Crippen LogP contribution in [0.3, 0.4) is 0 Å². The molecule has 1 saturated carbocycles. The van der Waals surface area contributed by atoms with Crippen LogP contribution in [-0.4, -0.2) is 27.4 Å². The van der Waals surface area contributed by atoms with Gasteiger partial charge >= 0.3 is 0 Å². The summed E-state index contributed by atoms with van der Waals surface area (Å²) in [6, 6.07) is 2.95. The van der Waals surface area contributed by atoms with Gasteiger partial charge in [0.05, 0.1) is 18.1 Å². The van der Waals surface area contributed by atoms with E-state index >= 15 is 0 Å². The Morgan fingerprint density at radius 1 is 1.33 bits per heavy atom. The van der Waals surface area contributed by atoms with Crippen molar-refractivity contribution >= 4 is 16.7 Å². The molecule has 0 spiro atoms. The van der Waals surface area contributed by atoms with Crippen molar-refractivity contribution < 1.29 is 0 Å². The maximum Gasteiger partial charge on any atom is 0.158 e. The van der Waals surface area contributed by atoms with Crippen molar-refractivity contribution in [2.45, 2.75) is 51.6 Å². The van der Waals surface area contributed by atoms with Gasteiger partial charge in [0, 0.05) is 17.5 Å². The van der Waals surface area contributed by atoms with Crippen molar-refractivity contribution in [3.63, 3.8) is 0 Å². The average Bonchev–Trinajstić information content (AvgIpc) is 2.91. The van der Waals surface area contributed by atoms with Gasteiger partial charge in [-0.1, -0.05) is 12.8 Å². The first-order chi connectivity index (χ1) is 10.2. The average molecular weight is 287 g/mol. The quantitative estimate of drug-likeness (QED) is 0.907. The minimum absolute atomic E-state index is 0.328. The lowest BCUT2D eigenvalue weighted by molar-refractivity contribution is 0.332.